The second-order valence-electron chi connectivity index (χ2n) is 8.72. The van der Waals surface area contributed by atoms with E-state index in [2.05, 4.69) is 4.98 Å². The Balaban J connectivity index is 2.00. The molecule has 1 fully saturated rings. The fraction of sp³-hybridized carbons (Fsp3) is 0.385. The predicted octanol–water partition coefficient (Wildman–Crippen LogP) is 3.67. The van der Waals surface area contributed by atoms with Crippen LogP contribution in [-0.4, -0.2) is 38.8 Å². The number of Topliss-reactive ketones (excluding diaryl/α,β-unsaturated/α-hetero) is 1. The van der Waals surface area contributed by atoms with Crippen molar-refractivity contribution in [1.29, 1.82) is 0 Å². The fourth-order valence-corrected chi connectivity index (χ4v) is 4.93. The average molecular weight is 464 g/mol. The monoisotopic (exact) mass is 463 g/mol. The summed E-state index contributed by atoms with van der Waals surface area (Å²) in [6, 6.07) is 9.83. The molecular weight excluding hydrogens is 434 g/mol. The number of fused-ring (bicyclic) bond motifs is 1. The number of carboxylic acids is 1. The van der Waals surface area contributed by atoms with E-state index in [1.165, 1.54) is 6.42 Å². The van der Waals surface area contributed by atoms with E-state index in [0.29, 0.717) is 23.9 Å². The number of carboxylic acid groups (broad SMARTS) is 1. The lowest BCUT2D eigenvalue weighted by Crippen LogP contribution is -2.24. The third kappa shape index (κ3) is 4.66. The standard InChI is InChI=1S/C26H29N3O5/c1-2-18-20(13-16-9-5-3-6-10-16)29-14-19(17-11-7-4-8-12-17)28-26(34-15-21(30)31)23(29)22(18)24(32)25(27)33/h3,5-6,9-10,14,17H,2,4,7-8,11-13,15H2,1H3,(H2,27,33)(H,30,31). The summed E-state index contributed by atoms with van der Waals surface area (Å²) in [5, 5.41) is 9.23. The maximum atomic E-state index is 13.0. The lowest BCUT2D eigenvalue weighted by molar-refractivity contribution is -0.139. The molecule has 178 valence electrons. The molecule has 3 N–H and O–H groups in total. The minimum absolute atomic E-state index is 0.0454. The zero-order chi connectivity index (χ0) is 24.2. The number of ketones is 1. The summed E-state index contributed by atoms with van der Waals surface area (Å²) < 4.78 is 7.48. The number of rotatable bonds is 9. The average Bonchev–Trinajstić information content (AvgIpc) is 3.16. The third-order valence-corrected chi connectivity index (χ3v) is 6.49. The van der Waals surface area contributed by atoms with Gasteiger partial charge in [0.05, 0.1) is 11.3 Å². The van der Waals surface area contributed by atoms with Gasteiger partial charge in [-0.1, -0.05) is 56.5 Å². The highest BCUT2D eigenvalue weighted by Gasteiger charge is 2.30. The summed E-state index contributed by atoms with van der Waals surface area (Å²) in [6.07, 6.45) is 8.28. The van der Waals surface area contributed by atoms with Gasteiger partial charge in [0, 0.05) is 24.2 Å². The normalized spacial score (nSPS) is 14.3. The Labute approximate surface area is 197 Å². The van der Waals surface area contributed by atoms with Crippen molar-refractivity contribution in [3.8, 4) is 5.88 Å². The number of amides is 1. The van der Waals surface area contributed by atoms with Crippen molar-refractivity contribution in [1.82, 2.24) is 9.38 Å². The number of ether oxygens (including phenoxy) is 1. The van der Waals surface area contributed by atoms with Crippen molar-refractivity contribution in [2.24, 2.45) is 5.73 Å². The molecule has 1 amide bonds. The maximum Gasteiger partial charge on any atom is 0.341 e. The van der Waals surface area contributed by atoms with Crippen LogP contribution in [0, 0.1) is 0 Å². The van der Waals surface area contributed by atoms with Crippen molar-refractivity contribution >= 4 is 23.2 Å². The van der Waals surface area contributed by atoms with E-state index in [9.17, 15) is 19.5 Å². The number of hydrogen-bond acceptors (Lipinski definition) is 5. The van der Waals surface area contributed by atoms with Crippen LogP contribution in [0.15, 0.2) is 36.5 Å². The number of benzene rings is 1. The third-order valence-electron chi connectivity index (χ3n) is 6.49. The predicted molar refractivity (Wildman–Crippen MR) is 126 cm³/mol. The summed E-state index contributed by atoms with van der Waals surface area (Å²) in [5.41, 5.74) is 9.23. The van der Waals surface area contributed by atoms with Gasteiger partial charge in [-0.25, -0.2) is 9.78 Å². The molecule has 2 aromatic heterocycles. The molecule has 1 aromatic carbocycles. The molecule has 0 bridgehead atoms. The first-order valence-electron chi connectivity index (χ1n) is 11.7. The highest BCUT2D eigenvalue weighted by molar-refractivity contribution is 6.44. The summed E-state index contributed by atoms with van der Waals surface area (Å²) in [6.45, 7) is 1.30. The van der Waals surface area contributed by atoms with Crippen LogP contribution >= 0.6 is 0 Å². The van der Waals surface area contributed by atoms with Crippen LogP contribution in [0.2, 0.25) is 0 Å². The van der Waals surface area contributed by atoms with Crippen molar-refractivity contribution in [3.05, 3.63) is 64.6 Å². The molecule has 8 nitrogen and oxygen atoms in total. The van der Waals surface area contributed by atoms with Crippen LogP contribution in [-0.2, 0) is 22.4 Å². The van der Waals surface area contributed by atoms with Crippen molar-refractivity contribution in [2.45, 2.75) is 57.8 Å². The van der Waals surface area contributed by atoms with E-state index in [1.54, 1.807) is 0 Å². The first-order chi connectivity index (χ1) is 16.4. The van der Waals surface area contributed by atoms with E-state index in [0.717, 1.165) is 42.6 Å². The van der Waals surface area contributed by atoms with Gasteiger partial charge in [-0.15, -0.1) is 0 Å². The van der Waals surface area contributed by atoms with Gasteiger partial charge in [0.25, 0.3) is 11.7 Å². The SMILES string of the molecule is CCc1c(C(=O)C(N)=O)c2c(OCC(=O)O)nc(C3CCCCC3)cn2c1Cc1ccccc1. The maximum absolute atomic E-state index is 13.0. The minimum Gasteiger partial charge on any atom is -0.479 e. The van der Waals surface area contributed by atoms with Crippen molar-refractivity contribution < 1.29 is 24.2 Å². The van der Waals surface area contributed by atoms with E-state index in [1.807, 2.05) is 47.9 Å². The van der Waals surface area contributed by atoms with E-state index in [-0.39, 0.29) is 17.4 Å². The van der Waals surface area contributed by atoms with Gasteiger partial charge in [-0.3, -0.25) is 9.59 Å². The molecule has 1 saturated carbocycles. The molecule has 3 aromatic rings. The van der Waals surface area contributed by atoms with E-state index >= 15 is 0 Å². The Hall–Kier alpha value is -3.68. The number of hydrogen-bond donors (Lipinski definition) is 2. The second kappa shape index (κ2) is 10.1. The topological polar surface area (TPSA) is 124 Å². The largest absolute Gasteiger partial charge is 0.479 e. The quantitative estimate of drug-likeness (QED) is 0.369. The number of nitrogens with zero attached hydrogens (tertiary/aromatic N) is 2. The number of carbonyl (C=O) groups is 3. The number of aliphatic carboxylic acids is 1. The van der Waals surface area contributed by atoms with Gasteiger partial charge in [0.2, 0.25) is 5.88 Å². The summed E-state index contributed by atoms with van der Waals surface area (Å²) in [5.74, 6) is -2.80. The molecule has 0 unspecified atom stereocenters. The Morgan fingerprint density at radius 2 is 1.85 bits per heavy atom. The molecule has 2 heterocycles. The van der Waals surface area contributed by atoms with Gasteiger partial charge < -0.3 is 20.0 Å². The molecule has 0 saturated heterocycles. The first kappa shape index (κ1) is 23.5. The van der Waals surface area contributed by atoms with Gasteiger partial charge >= 0.3 is 5.97 Å². The van der Waals surface area contributed by atoms with Crippen molar-refractivity contribution in [3.63, 3.8) is 0 Å². The molecule has 0 aliphatic heterocycles. The lowest BCUT2D eigenvalue weighted by atomic mass is 9.87. The summed E-state index contributed by atoms with van der Waals surface area (Å²) >= 11 is 0. The van der Waals surface area contributed by atoms with Crippen LogP contribution < -0.4 is 10.5 Å². The zero-order valence-electron chi connectivity index (χ0n) is 19.3. The highest BCUT2D eigenvalue weighted by Crippen LogP contribution is 2.37. The summed E-state index contributed by atoms with van der Waals surface area (Å²) in [4.78, 5) is 40.9. The smallest absolute Gasteiger partial charge is 0.341 e. The molecule has 0 radical (unpaired) electrons. The van der Waals surface area contributed by atoms with Crippen LogP contribution in [0.25, 0.3) is 5.52 Å². The van der Waals surface area contributed by atoms with E-state index < -0.39 is 24.3 Å². The lowest BCUT2D eigenvalue weighted by Gasteiger charge is -2.22. The van der Waals surface area contributed by atoms with Crippen LogP contribution in [0.5, 0.6) is 5.88 Å². The van der Waals surface area contributed by atoms with Gasteiger partial charge in [-0.05, 0) is 30.4 Å². The number of carbonyl (C=O) groups excluding carboxylic acids is 2. The zero-order valence-corrected chi connectivity index (χ0v) is 19.3. The van der Waals surface area contributed by atoms with Gasteiger partial charge in [-0.2, -0.15) is 0 Å². The fourth-order valence-electron chi connectivity index (χ4n) is 4.93. The first-order valence-corrected chi connectivity index (χ1v) is 11.7. The minimum atomic E-state index is -1.16. The Kier molecular flexibility index (Phi) is 6.95. The van der Waals surface area contributed by atoms with Crippen LogP contribution in [0.3, 0.4) is 0 Å². The number of aromatic nitrogens is 2. The van der Waals surface area contributed by atoms with E-state index in [4.69, 9.17) is 10.5 Å². The van der Waals surface area contributed by atoms with Gasteiger partial charge in [0.15, 0.2) is 6.61 Å². The molecule has 0 spiro atoms. The summed E-state index contributed by atoms with van der Waals surface area (Å²) in [7, 11) is 0. The van der Waals surface area contributed by atoms with Crippen molar-refractivity contribution in [2.75, 3.05) is 6.61 Å². The van der Waals surface area contributed by atoms with Gasteiger partial charge in [0.1, 0.15) is 5.52 Å². The van der Waals surface area contributed by atoms with Crippen LogP contribution in [0.4, 0.5) is 0 Å². The Bertz CT molecular complexity index is 1230. The molecule has 4 rings (SSSR count). The molecular formula is C26H29N3O5. The Morgan fingerprint density at radius 1 is 1.15 bits per heavy atom. The number of primary amides is 1. The molecule has 1 aliphatic rings. The second-order valence-corrected chi connectivity index (χ2v) is 8.72. The molecule has 8 heteroatoms. The highest BCUT2D eigenvalue weighted by atomic mass is 16.5. The van der Waals surface area contributed by atoms with Crippen LogP contribution in [0.1, 0.15) is 77.8 Å². The number of nitrogens with two attached hydrogens (primary N) is 1. The molecule has 34 heavy (non-hydrogen) atoms. The molecule has 1 aliphatic carbocycles. The molecule has 0 atom stereocenters. The Morgan fingerprint density at radius 3 is 2.47 bits per heavy atom.